The molecule has 0 aliphatic heterocycles. The van der Waals surface area contributed by atoms with Gasteiger partial charge in [0.2, 0.25) is 0 Å². The molecule has 1 rings (SSSR count). The second-order valence-corrected chi connectivity index (χ2v) is 5.18. The Morgan fingerprint density at radius 1 is 1.35 bits per heavy atom. The summed E-state index contributed by atoms with van der Waals surface area (Å²) >= 11 is 0. The average molecular weight is 235 g/mol. The third-order valence-electron chi connectivity index (χ3n) is 2.12. The van der Waals surface area contributed by atoms with Gasteiger partial charge in [-0.05, 0) is 24.5 Å². The van der Waals surface area contributed by atoms with Gasteiger partial charge in [-0.2, -0.15) is 0 Å². The molecule has 4 heteroatoms. The van der Waals surface area contributed by atoms with Crippen LogP contribution in [0.5, 0.6) is 0 Å². The van der Waals surface area contributed by atoms with Crippen LogP contribution in [0.15, 0.2) is 18.2 Å². The van der Waals surface area contributed by atoms with Crippen LogP contribution in [-0.4, -0.2) is 24.0 Å². The summed E-state index contributed by atoms with van der Waals surface area (Å²) < 4.78 is 0. The molecule has 0 aliphatic carbocycles. The van der Waals surface area contributed by atoms with Gasteiger partial charge in [0.1, 0.15) is 11.5 Å². The summed E-state index contributed by atoms with van der Waals surface area (Å²) in [5.41, 5.74) is 0.530. The summed E-state index contributed by atoms with van der Waals surface area (Å²) in [4.78, 5) is 16.1. The van der Waals surface area contributed by atoms with Crippen LogP contribution >= 0.6 is 0 Å². The smallest absolute Gasteiger partial charge is 0.269 e. The van der Waals surface area contributed by atoms with Crippen LogP contribution in [0.1, 0.15) is 38.2 Å². The van der Waals surface area contributed by atoms with Crippen molar-refractivity contribution in [3.63, 3.8) is 0 Å². The molecule has 1 aromatic rings. The van der Waals surface area contributed by atoms with Crippen molar-refractivity contribution in [2.75, 3.05) is 18.4 Å². The predicted octanol–water partition coefficient (Wildman–Crippen LogP) is 2.29. The molecule has 1 amide bonds. The van der Waals surface area contributed by atoms with Gasteiger partial charge in [-0.15, -0.1) is 0 Å². The molecule has 1 heterocycles. The maximum atomic E-state index is 11.8. The number of nitrogens with zero attached hydrogens (tertiary/aromatic N) is 1. The maximum Gasteiger partial charge on any atom is 0.269 e. The number of hydrogen-bond donors (Lipinski definition) is 2. The van der Waals surface area contributed by atoms with Gasteiger partial charge in [-0.3, -0.25) is 4.79 Å². The van der Waals surface area contributed by atoms with Crippen LogP contribution in [0.4, 0.5) is 5.82 Å². The van der Waals surface area contributed by atoms with E-state index < -0.39 is 0 Å². The molecule has 0 bridgehead atoms. The maximum absolute atomic E-state index is 11.8. The van der Waals surface area contributed by atoms with Gasteiger partial charge in [0, 0.05) is 13.1 Å². The van der Waals surface area contributed by atoms with Gasteiger partial charge in [0.15, 0.2) is 0 Å². The van der Waals surface area contributed by atoms with E-state index in [1.54, 1.807) is 6.07 Å². The van der Waals surface area contributed by atoms with Gasteiger partial charge in [0.05, 0.1) is 0 Å². The first-order valence-electron chi connectivity index (χ1n) is 5.91. The first-order chi connectivity index (χ1) is 7.92. The standard InChI is InChI=1S/C13H21N3O/c1-5-14-11-8-6-7-10(16-11)12(17)15-9-13(2,3)4/h6-8H,5,9H2,1-4H3,(H,14,16)(H,15,17). The molecule has 94 valence electrons. The van der Waals surface area contributed by atoms with E-state index in [9.17, 15) is 4.79 Å². The summed E-state index contributed by atoms with van der Waals surface area (Å²) in [6.45, 7) is 9.66. The highest BCUT2D eigenvalue weighted by Gasteiger charge is 2.13. The van der Waals surface area contributed by atoms with Crippen LogP contribution in [0, 0.1) is 5.41 Å². The summed E-state index contributed by atoms with van der Waals surface area (Å²) in [6.07, 6.45) is 0. The summed E-state index contributed by atoms with van der Waals surface area (Å²) in [7, 11) is 0. The van der Waals surface area contributed by atoms with Crippen LogP contribution in [0.2, 0.25) is 0 Å². The molecule has 0 atom stereocenters. The molecule has 0 aliphatic rings. The normalized spacial score (nSPS) is 11.1. The Morgan fingerprint density at radius 3 is 2.65 bits per heavy atom. The van der Waals surface area contributed by atoms with Crippen molar-refractivity contribution in [1.82, 2.24) is 10.3 Å². The van der Waals surface area contributed by atoms with E-state index in [0.29, 0.717) is 12.2 Å². The van der Waals surface area contributed by atoms with Crippen molar-refractivity contribution in [2.45, 2.75) is 27.7 Å². The number of anilines is 1. The Balaban J connectivity index is 2.65. The lowest BCUT2D eigenvalue weighted by molar-refractivity contribution is 0.0934. The number of hydrogen-bond acceptors (Lipinski definition) is 3. The van der Waals surface area contributed by atoms with Crippen LogP contribution < -0.4 is 10.6 Å². The van der Waals surface area contributed by atoms with Gasteiger partial charge in [-0.25, -0.2) is 4.98 Å². The zero-order chi connectivity index (χ0) is 12.9. The monoisotopic (exact) mass is 235 g/mol. The fourth-order valence-electron chi connectivity index (χ4n) is 1.28. The number of nitrogens with one attached hydrogen (secondary N) is 2. The lowest BCUT2D eigenvalue weighted by Gasteiger charge is -2.18. The van der Waals surface area contributed by atoms with Crippen molar-refractivity contribution < 1.29 is 4.79 Å². The minimum Gasteiger partial charge on any atom is -0.370 e. The van der Waals surface area contributed by atoms with Crippen LogP contribution in [-0.2, 0) is 0 Å². The summed E-state index contributed by atoms with van der Waals surface area (Å²) in [5.74, 6) is 0.607. The molecule has 0 unspecified atom stereocenters. The van der Waals surface area contributed by atoms with E-state index in [4.69, 9.17) is 0 Å². The number of carbonyl (C=O) groups excluding carboxylic acids is 1. The van der Waals surface area contributed by atoms with Gasteiger partial charge < -0.3 is 10.6 Å². The molecular formula is C13H21N3O. The quantitative estimate of drug-likeness (QED) is 0.842. The summed E-state index contributed by atoms with van der Waals surface area (Å²) in [6, 6.07) is 5.40. The average Bonchev–Trinajstić information content (AvgIpc) is 2.26. The van der Waals surface area contributed by atoms with E-state index in [1.807, 2.05) is 19.1 Å². The number of rotatable bonds is 4. The van der Waals surface area contributed by atoms with Crippen molar-refractivity contribution in [2.24, 2.45) is 5.41 Å². The molecule has 0 saturated heterocycles. The SMILES string of the molecule is CCNc1cccc(C(=O)NCC(C)(C)C)n1. The number of amides is 1. The highest BCUT2D eigenvalue weighted by molar-refractivity contribution is 5.92. The Labute approximate surface area is 103 Å². The van der Waals surface area contributed by atoms with Crippen LogP contribution in [0.25, 0.3) is 0 Å². The lowest BCUT2D eigenvalue weighted by atomic mass is 9.97. The molecule has 0 saturated carbocycles. The minimum absolute atomic E-state index is 0.0783. The van der Waals surface area contributed by atoms with E-state index in [0.717, 1.165) is 12.4 Å². The second kappa shape index (κ2) is 5.66. The predicted molar refractivity (Wildman–Crippen MR) is 70.2 cm³/mol. The third kappa shape index (κ3) is 4.85. The van der Waals surface area contributed by atoms with Crippen molar-refractivity contribution in [1.29, 1.82) is 0 Å². The minimum atomic E-state index is -0.125. The van der Waals surface area contributed by atoms with Crippen LogP contribution in [0.3, 0.4) is 0 Å². The number of pyridine rings is 1. The molecule has 17 heavy (non-hydrogen) atoms. The topological polar surface area (TPSA) is 54.0 Å². The largest absolute Gasteiger partial charge is 0.370 e. The zero-order valence-corrected chi connectivity index (χ0v) is 11.0. The Kier molecular flexibility index (Phi) is 4.49. The third-order valence-corrected chi connectivity index (χ3v) is 2.12. The highest BCUT2D eigenvalue weighted by atomic mass is 16.1. The molecule has 2 N–H and O–H groups in total. The Morgan fingerprint density at radius 2 is 2.06 bits per heavy atom. The molecule has 0 fully saturated rings. The van der Waals surface area contributed by atoms with Crippen molar-refractivity contribution >= 4 is 11.7 Å². The zero-order valence-electron chi connectivity index (χ0n) is 11.0. The van der Waals surface area contributed by atoms with Gasteiger partial charge in [0.25, 0.3) is 5.91 Å². The van der Waals surface area contributed by atoms with E-state index in [1.165, 1.54) is 0 Å². The summed E-state index contributed by atoms with van der Waals surface area (Å²) in [5, 5.41) is 5.96. The highest BCUT2D eigenvalue weighted by Crippen LogP contribution is 2.11. The lowest BCUT2D eigenvalue weighted by Crippen LogP contribution is -2.32. The number of aromatic nitrogens is 1. The van der Waals surface area contributed by atoms with E-state index >= 15 is 0 Å². The Hall–Kier alpha value is -1.58. The fraction of sp³-hybridized carbons (Fsp3) is 0.538. The van der Waals surface area contributed by atoms with E-state index in [-0.39, 0.29) is 11.3 Å². The molecule has 0 aromatic carbocycles. The second-order valence-electron chi connectivity index (χ2n) is 5.18. The molecule has 4 nitrogen and oxygen atoms in total. The first kappa shape index (κ1) is 13.5. The van der Waals surface area contributed by atoms with Crippen molar-refractivity contribution in [3.05, 3.63) is 23.9 Å². The van der Waals surface area contributed by atoms with E-state index in [2.05, 4.69) is 36.4 Å². The first-order valence-corrected chi connectivity index (χ1v) is 5.91. The van der Waals surface area contributed by atoms with Crippen molar-refractivity contribution in [3.8, 4) is 0 Å². The number of carbonyl (C=O) groups is 1. The molecule has 0 radical (unpaired) electrons. The van der Waals surface area contributed by atoms with Gasteiger partial charge >= 0.3 is 0 Å². The molecule has 1 aromatic heterocycles. The molecular weight excluding hydrogens is 214 g/mol. The fourth-order valence-corrected chi connectivity index (χ4v) is 1.28. The Bertz CT molecular complexity index is 382. The molecule has 0 spiro atoms. The van der Waals surface area contributed by atoms with Gasteiger partial charge in [-0.1, -0.05) is 26.8 Å².